The fourth-order valence-electron chi connectivity index (χ4n) is 9.28. The van der Waals surface area contributed by atoms with E-state index in [2.05, 4.69) is 35.9 Å². The number of amides is 5. The lowest BCUT2D eigenvalue weighted by Gasteiger charge is -2.32. The SMILES string of the molecule is O=C1CCC(N2C(=O)c3cccc(NCCCOC4CCN(Cc5ccc(-n6cc(NC(=O)c7cnn8ccc(N9C[C@H]%10C[C@@H]9CO%10)nc78)c(C(F)F)n6)cc5)CC4)c3C2=O)C(=O)N1. The first kappa shape index (κ1) is 41.4. The van der Waals surface area contributed by atoms with Gasteiger partial charge in [0.15, 0.2) is 11.3 Å². The van der Waals surface area contributed by atoms with Gasteiger partial charge >= 0.3 is 0 Å². The highest BCUT2D eigenvalue weighted by Gasteiger charge is 2.46. The van der Waals surface area contributed by atoms with Crippen LogP contribution in [0.1, 0.15) is 87.3 Å². The third-order valence-corrected chi connectivity index (χ3v) is 12.6. The Morgan fingerprint density at radius 2 is 1.83 bits per heavy atom. The van der Waals surface area contributed by atoms with Crippen molar-refractivity contribution in [2.24, 2.45) is 0 Å². The Morgan fingerprint density at radius 3 is 2.58 bits per heavy atom. The number of morpholine rings is 1. The molecular formula is C44H45F2N11O7. The minimum atomic E-state index is -2.93. The molecule has 18 nitrogen and oxygen atoms in total. The molecule has 0 radical (unpaired) electrons. The van der Waals surface area contributed by atoms with Gasteiger partial charge < -0.3 is 25.0 Å². The van der Waals surface area contributed by atoms with Gasteiger partial charge in [0.2, 0.25) is 11.8 Å². The van der Waals surface area contributed by atoms with Crippen LogP contribution in [0.25, 0.3) is 11.3 Å². The standard InChI is InChI=1S/C44H45F2N11O7/c45-39(46)38-33(49-41(59)31-20-48-55-17-13-35(50-40(31)55)54-22-29-19-27(54)24-64-29)23-56(52-38)26-7-5-25(6-8-26)21-53-15-11-28(12-16-53)63-18-2-14-47-32-4-1-3-30-37(32)44(62)57(43(30)61)34-9-10-36(58)51-42(34)60/h1,3-8,13,17,20,23,27-29,34,39,47H,2,9-12,14-16,18-19,21-22,24H2,(H,49,59)(H,51,58,60)/t27-,29-,34?/m1/s1. The fraction of sp³-hybridized carbons (Fsp3) is 0.409. The van der Waals surface area contributed by atoms with Crippen molar-refractivity contribution in [3.8, 4) is 5.69 Å². The van der Waals surface area contributed by atoms with Gasteiger partial charge in [-0.05, 0) is 68.0 Å². The highest BCUT2D eigenvalue weighted by Crippen LogP contribution is 2.34. The number of halogens is 2. The van der Waals surface area contributed by atoms with Gasteiger partial charge in [-0.3, -0.25) is 39.1 Å². The maximum absolute atomic E-state index is 14.2. The molecule has 0 spiro atoms. The predicted molar refractivity (Wildman–Crippen MR) is 225 cm³/mol. The minimum absolute atomic E-state index is 0.0568. The van der Waals surface area contributed by atoms with Gasteiger partial charge in [-0.15, -0.1) is 0 Å². The van der Waals surface area contributed by atoms with E-state index in [9.17, 15) is 32.8 Å². The van der Waals surface area contributed by atoms with Crippen LogP contribution in [0.15, 0.2) is 67.1 Å². The third-order valence-electron chi connectivity index (χ3n) is 12.6. The number of ether oxygens (including phenoxy) is 2. The van der Waals surface area contributed by atoms with Crippen molar-refractivity contribution in [2.75, 3.05) is 54.9 Å². The molecule has 5 aliphatic rings. The van der Waals surface area contributed by atoms with E-state index in [1.165, 1.54) is 21.6 Å². The number of alkyl halides is 2. The van der Waals surface area contributed by atoms with Crippen molar-refractivity contribution in [3.05, 3.63) is 95.1 Å². The maximum atomic E-state index is 14.2. The summed E-state index contributed by atoms with van der Waals surface area (Å²) in [6, 6.07) is 13.5. The Hall–Kier alpha value is -6.64. The molecule has 4 saturated heterocycles. The van der Waals surface area contributed by atoms with E-state index in [-0.39, 0.29) is 53.5 Å². The van der Waals surface area contributed by atoms with Crippen LogP contribution < -0.4 is 20.9 Å². The number of piperidine rings is 2. The van der Waals surface area contributed by atoms with E-state index in [0.29, 0.717) is 62.1 Å². The van der Waals surface area contributed by atoms with E-state index in [0.717, 1.165) is 42.8 Å². The number of carbonyl (C=O) groups is 5. The molecule has 2 aromatic carbocycles. The van der Waals surface area contributed by atoms with Crippen LogP contribution >= 0.6 is 0 Å². The van der Waals surface area contributed by atoms with Crippen molar-refractivity contribution in [1.29, 1.82) is 0 Å². The molecule has 0 saturated carbocycles. The first-order valence-corrected chi connectivity index (χ1v) is 21.5. The van der Waals surface area contributed by atoms with Crippen molar-refractivity contribution in [1.82, 2.24) is 39.5 Å². The van der Waals surface area contributed by atoms with E-state index >= 15 is 0 Å². The second-order valence-corrected chi connectivity index (χ2v) is 16.7. The second kappa shape index (κ2) is 17.1. The monoisotopic (exact) mass is 877 g/mol. The Bertz CT molecular complexity index is 2650. The lowest BCUT2D eigenvalue weighted by atomic mass is 10.0. The number of aromatic nitrogens is 5. The summed E-state index contributed by atoms with van der Waals surface area (Å²) in [6.45, 7) is 4.71. The normalized spacial score (nSPS) is 21.4. The summed E-state index contributed by atoms with van der Waals surface area (Å²) in [5, 5.41) is 16.5. The molecule has 20 heteroatoms. The van der Waals surface area contributed by atoms with Crippen LogP contribution in [0, 0.1) is 0 Å². The van der Waals surface area contributed by atoms with Gasteiger partial charge in [-0.25, -0.2) is 23.0 Å². The number of nitrogens with zero attached hydrogens (tertiary/aromatic N) is 8. The fourth-order valence-corrected chi connectivity index (χ4v) is 9.28. The summed E-state index contributed by atoms with van der Waals surface area (Å²) in [7, 11) is 0. The number of carbonyl (C=O) groups excluding carboxylic acids is 5. The van der Waals surface area contributed by atoms with Gasteiger partial charge in [-0.2, -0.15) is 10.2 Å². The van der Waals surface area contributed by atoms with E-state index < -0.39 is 47.7 Å². The molecule has 64 heavy (non-hydrogen) atoms. The zero-order valence-electron chi connectivity index (χ0n) is 34.6. The molecule has 5 aromatic rings. The topological polar surface area (TPSA) is 198 Å². The van der Waals surface area contributed by atoms with Gasteiger partial charge in [0.05, 0.1) is 59.8 Å². The first-order chi connectivity index (χ1) is 31.1. The van der Waals surface area contributed by atoms with Gasteiger partial charge in [0, 0.05) is 57.6 Å². The van der Waals surface area contributed by atoms with Crippen LogP contribution in [0.3, 0.4) is 0 Å². The molecular weight excluding hydrogens is 833 g/mol. The summed E-state index contributed by atoms with van der Waals surface area (Å²) in [5.41, 5.74) is 2.38. The van der Waals surface area contributed by atoms with Crippen molar-refractivity contribution < 1.29 is 42.2 Å². The average Bonchev–Trinajstić information content (AvgIpc) is 4.15. The highest BCUT2D eigenvalue weighted by molar-refractivity contribution is 6.25. The molecule has 3 N–H and O–H groups in total. The molecule has 1 unspecified atom stereocenters. The lowest BCUT2D eigenvalue weighted by molar-refractivity contribution is -0.136. The van der Waals surface area contributed by atoms with Crippen molar-refractivity contribution in [3.63, 3.8) is 0 Å². The van der Waals surface area contributed by atoms with E-state index in [4.69, 9.17) is 14.5 Å². The highest BCUT2D eigenvalue weighted by atomic mass is 19.3. The zero-order valence-corrected chi connectivity index (χ0v) is 34.6. The molecule has 5 aliphatic heterocycles. The van der Waals surface area contributed by atoms with Crippen LogP contribution in [0.2, 0.25) is 0 Å². The average molecular weight is 878 g/mol. The van der Waals surface area contributed by atoms with Crippen LogP contribution in [0.5, 0.6) is 0 Å². The predicted octanol–water partition coefficient (Wildman–Crippen LogP) is 3.97. The lowest BCUT2D eigenvalue weighted by Crippen LogP contribution is -2.54. The van der Waals surface area contributed by atoms with E-state index in [1.807, 2.05) is 30.3 Å². The summed E-state index contributed by atoms with van der Waals surface area (Å²) < 4.78 is 43.2. The maximum Gasteiger partial charge on any atom is 0.284 e. The van der Waals surface area contributed by atoms with Crippen LogP contribution in [0.4, 0.5) is 26.0 Å². The molecule has 10 rings (SSSR count). The van der Waals surface area contributed by atoms with E-state index in [1.54, 1.807) is 24.4 Å². The summed E-state index contributed by atoms with van der Waals surface area (Å²) in [6.07, 6.45) is 5.26. The molecule has 332 valence electrons. The van der Waals surface area contributed by atoms with Crippen LogP contribution in [-0.2, 0) is 25.6 Å². The molecule has 8 heterocycles. The van der Waals surface area contributed by atoms with Gasteiger partial charge in [0.1, 0.15) is 17.4 Å². The number of likely N-dealkylation sites (tertiary alicyclic amines) is 1. The molecule has 4 fully saturated rings. The Morgan fingerprint density at radius 1 is 1.00 bits per heavy atom. The molecule has 2 bridgehead atoms. The Labute approximate surface area is 364 Å². The minimum Gasteiger partial charge on any atom is -0.384 e. The zero-order chi connectivity index (χ0) is 44.1. The first-order valence-electron chi connectivity index (χ1n) is 21.5. The molecule has 0 aliphatic carbocycles. The largest absolute Gasteiger partial charge is 0.384 e. The summed E-state index contributed by atoms with van der Waals surface area (Å²) >= 11 is 0. The summed E-state index contributed by atoms with van der Waals surface area (Å²) in [4.78, 5) is 74.2. The Kier molecular flexibility index (Phi) is 11.1. The molecule has 3 aromatic heterocycles. The van der Waals surface area contributed by atoms with Gasteiger partial charge in [0.25, 0.3) is 24.1 Å². The molecule has 3 atom stereocenters. The number of hydrogen-bond donors (Lipinski definition) is 3. The van der Waals surface area contributed by atoms with Crippen molar-refractivity contribution in [2.45, 2.75) is 75.8 Å². The number of anilines is 3. The second-order valence-electron chi connectivity index (χ2n) is 16.7. The number of nitrogens with one attached hydrogen (secondary N) is 3. The number of hydrogen-bond acceptors (Lipinski definition) is 13. The van der Waals surface area contributed by atoms with Crippen LogP contribution in [-0.4, -0.2) is 127 Å². The quantitative estimate of drug-likeness (QED) is 0.107. The van der Waals surface area contributed by atoms with Crippen molar-refractivity contribution >= 4 is 52.4 Å². The number of fused-ring (bicyclic) bond motifs is 4. The Balaban J connectivity index is 0.688. The number of imide groups is 2. The molecule has 5 amide bonds. The smallest absolute Gasteiger partial charge is 0.284 e. The van der Waals surface area contributed by atoms with Gasteiger partial charge in [-0.1, -0.05) is 18.2 Å². The number of benzene rings is 2. The third kappa shape index (κ3) is 7.96. The summed E-state index contributed by atoms with van der Waals surface area (Å²) in [5.74, 6) is -2.08. The number of rotatable bonds is 14.